The van der Waals surface area contributed by atoms with Gasteiger partial charge in [0, 0.05) is 0 Å². The summed E-state index contributed by atoms with van der Waals surface area (Å²) >= 11 is 0. The van der Waals surface area contributed by atoms with Crippen LogP contribution in [0.15, 0.2) is 47.6 Å². The fraction of sp³-hybridized carbons (Fsp3) is 0.474. The molecule has 5 aliphatic rings. The van der Waals surface area contributed by atoms with Crippen LogP contribution in [0.25, 0.3) is 0 Å². The third-order valence-electron chi connectivity index (χ3n) is 6.79. The van der Waals surface area contributed by atoms with E-state index in [0.717, 1.165) is 17.6 Å². The highest BCUT2D eigenvalue weighted by atomic mass is 16.6. The number of hydrogen-bond acceptors (Lipinski definition) is 3. The van der Waals surface area contributed by atoms with E-state index < -0.39 is 10.8 Å². The Labute approximate surface area is 129 Å². The number of carbonyl (C=O) groups is 2. The molecular weight excluding hydrogens is 276 g/mol. The zero-order chi connectivity index (χ0) is 15.3. The summed E-state index contributed by atoms with van der Waals surface area (Å²) in [6.45, 7) is 8.16. The van der Waals surface area contributed by atoms with Gasteiger partial charge in [0.2, 0.25) is 0 Å². The van der Waals surface area contributed by atoms with E-state index in [9.17, 15) is 9.59 Å². The number of carbonyl (C=O) groups excluding carboxylic acids is 2. The summed E-state index contributed by atoms with van der Waals surface area (Å²) < 4.78 is 5.18. The molecular formula is C19H18O3. The van der Waals surface area contributed by atoms with Crippen LogP contribution >= 0.6 is 0 Å². The second kappa shape index (κ2) is 3.53. The monoisotopic (exact) mass is 294 g/mol. The number of cyclic esters (lactones) is 2. The lowest BCUT2D eigenvalue weighted by atomic mass is 9.48. The minimum absolute atomic E-state index is 0.329. The Balaban J connectivity index is 1.72. The van der Waals surface area contributed by atoms with E-state index in [4.69, 9.17) is 4.74 Å². The molecule has 0 unspecified atom stereocenters. The van der Waals surface area contributed by atoms with Gasteiger partial charge in [-0.3, -0.25) is 9.59 Å². The molecule has 2 bridgehead atoms. The van der Waals surface area contributed by atoms with Crippen molar-refractivity contribution >= 4 is 11.9 Å². The number of esters is 2. The van der Waals surface area contributed by atoms with Crippen molar-refractivity contribution in [3.8, 4) is 0 Å². The lowest BCUT2D eigenvalue weighted by Gasteiger charge is -2.49. The average Bonchev–Trinajstić information content (AvgIpc) is 3.12. The standard InChI is InChI=1S/C19H18O3/c1-10-6-18-8-14-12-3-4-13(5-12)15(14)9-19(18,7-11(10)2)17(21)22-16(18)20/h3-4,12-13H,1-2,5-9H2/t12-,13+,18+,19-. The third-order valence-corrected chi connectivity index (χ3v) is 6.79. The molecule has 4 atom stereocenters. The van der Waals surface area contributed by atoms with E-state index in [1.165, 1.54) is 11.1 Å². The largest absolute Gasteiger partial charge is 0.392 e. The first-order valence-electron chi connectivity index (χ1n) is 8.00. The number of rotatable bonds is 0. The average molecular weight is 294 g/mol. The van der Waals surface area contributed by atoms with Crippen LogP contribution in [0.5, 0.6) is 0 Å². The van der Waals surface area contributed by atoms with Crippen molar-refractivity contribution in [2.45, 2.75) is 32.1 Å². The van der Waals surface area contributed by atoms with E-state index in [2.05, 4.69) is 25.3 Å². The molecule has 4 aliphatic carbocycles. The molecule has 3 heteroatoms. The first kappa shape index (κ1) is 12.6. The van der Waals surface area contributed by atoms with Crippen LogP contribution in [-0.4, -0.2) is 11.9 Å². The predicted octanol–water partition coefficient (Wildman–Crippen LogP) is 3.25. The highest BCUT2D eigenvalue weighted by Crippen LogP contribution is 2.69. The van der Waals surface area contributed by atoms with Crippen LogP contribution < -0.4 is 0 Å². The van der Waals surface area contributed by atoms with Crippen LogP contribution in [0.3, 0.4) is 0 Å². The molecule has 3 nitrogen and oxygen atoms in total. The van der Waals surface area contributed by atoms with Crippen molar-refractivity contribution in [1.82, 2.24) is 0 Å². The Hall–Kier alpha value is -1.90. The fourth-order valence-corrected chi connectivity index (χ4v) is 5.57. The Morgan fingerprint density at radius 1 is 0.864 bits per heavy atom. The van der Waals surface area contributed by atoms with Crippen LogP contribution in [0.2, 0.25) is 0 Å². The normalized spacial score (nSPS) is 45.1. The second-order valence-corrected chi connectivity index (χ2v) is 7.64. The van der Waals surface area contributed by atoms with E-state index >= 15 is 0 Å². The minimum atomic E-state index is -0.723. The molecule has 2 fully saturated rings. The topological polar surface area (TPSA) is 43.4 Å². The summed E-state index contributed by atoms with van der Waals surface area (Å²) in [5.41, 5.74) is 3.17. The van der Waals surface area contributed by atoms with Gasteiger partial charge in [0.25, 0.3) is 0 Å². The van der Waals surface area contributed by atoms with Crippen molar-refractivity contribution in [3.05, 3.63) is 47.6 Å². The molecule has 5 rings (SSSR count). The highest BCUT2D eigenvalue weighted by molar-refractivity contribution is 6.03. The smallest absolute Gasteiger partial charge is 0.321 e. The molecule has 1 saturated carbocycles. The van der Waals surface area contributed by atoms with Crippen LogP contribution in [0.1, 0.15) is 32.1 Å². The van der Waals surface area contributed by atoms with Gasteiger partial charge in [-0.2, -0.15) is 0 Å². The molecule has 1 aliphatic heterocycles. The molecule has 1 saturated heterocycles. The quantitative estimate of drug-likeness (QED) is 0.391. The number of allylic oxidation sites excluding steroid dienone is 6. The van der Waals surface area contributed by atoms with Crippen LogP contribution in [0, 0.1) is 22.7 Å². The molecule has 22 heavy (non-hydrogen) atoms. The molecule has 0 N–H and O–H groups in total. The number of ether oxygens (including phenoxy) is 1. The maximum Gasteiger partial charge on any atom is 0.321 e. The maximum atomic E-state index is 12.7. The van der Waals surface area contributed by atoms with E-state index in [0.29, 0.717) is 37.5 Å². The van der Waals surface area contributed by atoms with E-state index in [1.54, 1.807) is 0 Å². The Bertz CT molecular complexity index is 693. The van der Waals surface area contributed by atoms with Crippen molar-refractivity contribution < 1.29 is 14.3 Å². The van der Waals surface area contributed by atoms with Gasteiger partial charge in [-0.05, 0) is 43.9 Å². The summed E-state index contributed by atoms with van der Waals surface area (Å²) in [6, 6.07) is 0. The minimum Gasteiger partial charge on any atom is -0.392 e. The van der Waals surface area contributed by atoms with Gasteiger partial charge in [0.1, 0.15) is 0 Å². The maximum absolute atomic E-state index is 12.7. The predicted molar refractivity (Wildman–Crippen MR) is 80.5 cm³/mol. The summed E-state index contributed by atoms with van der Waals surface area (Å²) in [5, 5.41) is 0. The van der Waals surface area contributed by atoms with Crippen molar-refractivity contribution in [3.63, 3.8) is 0 Å². The van der Waals surface area contributed by atoms with Crippen molar-refractivity contribution in [2.75, 3.05) is 0 Å². The summed E-state index contributed by atoms with van der Waals surface area (Å²) in [7, 11) is 0. The van der Waals surface area contributed by atoms with Gasteiger partial charge in [-0.25, -0.2) is 0 Å². The molecule has 0 aromatic rings. The third kappa shape index (κ3) is 1.14. The van der Waals surface area contributed by atoms with Crippen molar-refractivity contribution in [1.29, 1.82) is 0 Å². The van der Waals surface area contributed by atoms with Crippen LogP contribution in [0.4, 0.5) is 0 Å². The van der Waals surface area contributed by atoms with Gasteiger partial charge >= 0.3 is 11.9 Å². The molecule has 0 amide bonds. The molecule has 112 valence electrons. The SMILES string of the molecule is C=C1C[C@@]23CC4=C(C[C@]2(CC1=C)C(=O)OC3=O)[C@H]1C=C[C@@H]4C1. The number of hydrogen-bond donors (Lipinski definition) is 0. The van der Waals surface area contributed by atoms with E-state index in [1.807, 2.05) is 0 Å². The lowest BCUT2D eigenvalue weighted by molar-refractivity contribution is -0.155. The summed E-state index contributed by atoms with van der Waals surface area (Å²) in [6.07, 6.45) is 8.05. The highest BCUT2D eigenvalue weighted by Gasteiger charge is 2.72. The number of fused-ring (bicyclic) bond motifs is 4. The van der Waals surface area contributed by atoms with Gasteiger partial charge in [0.15, 0.2) is 0 Å². The first-order chi connectivity index (χ1) is 10.5. The van der Waals surface area contributed by atoms with Gasteiger partial charge in [-0.15, -0.1) is 0 Å². The zero-order valence-electron chi connectivity index (χ0n) is 12.5. The first-order valence-corrected chi connectivity index (χ1v) is 8.00. The zero-order valence-corrected chi connectivity index (χ0v) is 12.5. The van der Waals surface area contributed by atoms with Crippen molar-refractivity contribution in [2.24, 2.45) is 22.7 Å². The summed E-state index contributed by atoms with van der Waals surface area (Å²) in [4.78, 5) is 25.3. The summed E-state index contributed by atoms with van der Waals surface area (Å²) in [5.74, 6) is 0.275. The lowest BCUT2D eigenvalue weighted by Crippen LogP contribution is -2.51. The second-order valence-electron chi connectivity index (χ2n) is 7.64. The Kier molecular flexibility index (Phi) is 2.03. The van der Waals surface area contributed by atoms with Gasteiger partial charge in [-0.1, -0.05) is 47.6 Å². The molecule has 0 aromatic carbocycles. The molecule has 0 radical (unpaired) electrons. The van der Waals surface area contributed by atoms with Crippen LogP contribution in [-0.2, 0) is 14.3 Å². The van der Waals surface area contributed by atoms with E-state index in [-0.39, 0.29) is 11.9 Å². The molecule has 0 aromatic heterocycles. The molecule has 0 spiro atoms. The Morgan fingerprint density at radius 3 is 1.77 bits per heavy atom. The molecule has 1 heterocycles. The van der Waals surface area contributed by atoms with Gasteiger partial charge < -0.3 is 4.74 Å². The van der Waals surface area contributed by atoms with Gasteiger partial charge in [0.05, 0.1) is 10.8 Å². The Morgan fingerprint density at radius 2 is 1.32 bits per heavy atom. The fourth-order valence-electron chi connectivity index (χ4n) is 5.57.